The van der Waals surface area contributed by atoms with Crippen LogP contribution in [-0.4, -0.2) is 25.6 Å². The van der Waals surface area contributed by atoms with E-state index in [9.17, 15) is 8.42 Å². The lowest BCUT2D eigenvalue weighted by Gasteiger charge is -2.09. The van der Waals surface area contributed by atoms with Crippen molar-refractivity contribution in [1.29, 1.82) is 0 Å². The highest BCUT2D eigenvalue weighted by molar-refractivity contribution is 14.1. The number of rotatable bonds is 4. The van der Waals surface area contributed by atoms with Gasteiger partial charge in [-0.25, -0.2) is 8.42 Å². The third kappa shape index (κ3) is 3.72. The van der Waals surface area contributed by atoms with E-state index in [0.29, 0.717) is 0 Å². The SMILES string of the molecule is O=S(=O)(Nc1cccc(B(O)O)c1)c1ccc(I)cc1. The molecule has 0 aliphatic rings. The summed E-state index contributed by atoms with van der Waals surface area (Å²) in [7, 11) is -5.33. The minimum Gasteiger partial charge on any atom is -0.423 e. The fourth-order valence-electron chi connectivity index (χ4n) is 1.59. The van der Waals surface area contributed by atoms with Gasteiger partial charge in [0.05, 0.1) is 4.90 Å². The summed E-state index contributed by atoms with van der Waals surface area (Å²) in [6.45, 7) is 0. The lowest BCUT2D eigenvalue weighted by atomic mass is 9.80. The first kappa shape index (κ1) is 15.3. The Balaban J connectivity index is 2.28. The largest absolute Gasteiger partial charge is 0.488 e. The Hall–Kier alpha value is -1.10. The highest BCUT2D eigenvalue weighted by Crippen LogP contribution is 2.16. The molecule has 0 saturated heterocycles. The molecule has 0 bridgehead atoms. The van der Waals surface area contributed by atoms with Crippen LogP contribution in [0.4, 0.5) is 5.69 Å². The predicted octanol–water partition coefficient (Wildman–Crippen LogP) is 0.772. The Labute approximate surface area is 131 Å². The average Bonchev–Trinajstić information content (AvgIpc) is 2.39. The van der Waals surface area contributed by atoms with Gasteiger partial charge < -0.3 is 10.0 Å². The van der Waals surface area contributed by atoms with Crippen LogP contribution in [0.2, 0.25) is 0 Å². The number of hydrogen-bond donors (Lipinski definition) is 3. The van der Waals surface area contributed by atoms with Crippen molar-refractivity contribution in [3.63, 3.8) is 0 Å². The molecule has 0 aliphatic carbocycles. The second kappa shape index (κ2) is 6.12. The zero-order valence-electron chi connectivity index (χ0n) is 10.2. The molecule has 0 fully saturated rings. The molecule has 8 heteroatoms. The topological polar surface area (TPSA) is 86.6 Å². The molecule has 0 radical (unpaired) electrons. The molecular weight excluding hydrogens is 392 g/mol. The maximum absolute atomic E-state index is 12.2. The van der Waals surface area contributed by atoms with Gasteiger partial charge in [0.1, 0.15) is 0 Å². The summed E-state index contributed by atoms with van der Waals surface area (Å²) in [5, 5.41) is 18.1. The number of sulfonamides is 1. The van der Waals surface area contributed by atoms with Crippen LogP contribution in [0, 0.1) is 3.57 Å². The molecule has 104 valence electrons. The number of benzene rings is 2. The fraction of sp³-hybridized carbons (Fsp3) is 0. The Morgan fingerprint density at radius 3 is 2.30 bits per heavy atom. The molecule has 20 heavy (non-hydrogen) atoms. The van der Waals surface area contributed by atoms with Crippen molar-refractivity contribution in [2.75, 3.05) is 4.72 Å². The van der Waals surface area contributed by atoms with Crippen molar-refractivity contribution in [3.05, 3.63) is 52.1 Å². The molecule has 0 saturated carbocycles. The van der Waals surface area contributed by atoms with E-state index in [1.807, 2.05) is 0 Å². The van der Waals surface area contributed by atoms with Gasteiger partial charge in [-0.1, -0.05) is 12.1 Å². The van der Waals surface area contributed by atoms with E-state index < -0.39 is 17.1 Å². The van der Waals surface area contributed by atoms with E-state index in [0.717, 1.165) is 3.57 Å². The van der Waals surface area contributed by atoms with Gasteiger partial charge >= 0.3 is 7.12 Å². The van der Waals surface area contributed by atoms with Crippen LogP contribution in [0.15, 0.2) is 53.4 Å². The summed E-state index contributed by atoms with van der Waals surface area (Å²) in [5.41, 5.74) is 0.488. The van der Waals surface area contributed by atoms with Gasteiger partial charge in [0.15, 0.2) is 0 Å². The van der Waals surface area contributed by atoms with Crippen molar-refractivity contribution >= 4 is 50.9 Å². The molecule has 5 nitrogen and oxygen atoms in total. The van der Waals surface area contributed by atoms with Crippen LogP contribution in [-0.2, 0) is 10.0 Å². The van der Waals surface area contributed by atoms with Crippen molar-refractivity contribution in [1.82, 2.24) is 0 Å². The van der Waals surface area contributed by atoms with E-state index in [4.69, 9.17) is 10.0 Å². The zero-order chi connectivity index (χ0) is 14.8. The summed E-state index contributed by atoms with van der Waals surface area (Å²) in [6, 6.07) is 12.4. The van der Waals surface area contributed by atoms with Crippen molar-refractivity contribution in [3.8, 4) is 0 Å². The first-order valence-corrected chi connectivity index (χ1v) is 8.19. The fourth-order valence-corrected chi connectivity index (χ4v) is 3.00. The van der Waals surface area contributed by atoms with Crippen molar-refractivity contribution < 1.29 is 18.5 Å². The maximum Gasteiger partial charge on any atom is 0.488 e. The van der Waals surface area contributed by atoms with Crippen molar-refractivity contribution in [2.45, 2.75) is 4.90 Å². The smallest absolute Gasteiger partial charge is 0.423 e. The van der Waals surface area contributed by atoms with E-state index in [2.05, 4.69) is 27.3 Å². The lowest BCUT2D eigenvalue weighted by Crippen LogP contribution is -2.30. The van der Waals surface area contributed by atoms with Crippen LogP contribution in [0.3, 0.4) is 0 Å². The zero-order valence-corrected chi connectivity index (χ0v) is 13.2. The van der Waals surface area contributed by atoms with Crippen LogP contribution in [0.25, 0.3) is 0 Å². The third-order valence-electron chi connectivity index (χ3n) is 2.56. The first-order chi connectivity index (χ1) is 9.38. The van der Waals surface area contributed by atoms with Gasteiger partial charge in [0, 0.05) is 9.26 Å². The van der Waals surface area contributed by atoms with Gasteiger partial charge in [-0.15, -0.1) is 0 Å². The molecule has 2 rings (SSSR count). The molecule has 3 N–H and O–H groups in total. The number of nitrogens with one attached hydrogen (secondary N) is 1. The molecule has 0 aromatic heterocycles. The molecule has 0 spiro atoms. The van der Waals surface area contributed by atoms with Gasteiger partial charge in [-0.3, -0.25) is 4.72 Å². The number of anilines is 1. The second-order valence-corrected chi connectivity index (χ2v) is 6.99. The normalized spacial score (nSPS) is 11.2. The summed E-state index contributed by atoms with van der Waals surface area (Å²) in [6.07, 6.45) is 0. The Kier molecular flexibility index (Phi) is 4.68. The maximum atomic E-state index is 12.2. The molecule has 0 amide bonds. The highest BCUT2D eigenvalue weighted by Gasteiger charge is 2.16. The Bertz CT molecular complexity index is 704. The highest BCUT2D eigenvalue weighted by atomic mass is 127. The molecule has 2 aromatic rings. The van der Waals surface area contributed by atoms with E-state index in [-0.39, 0.29) is 16.0 Å². The number of halogens is 1. The number of hydrogen-bond acceptors (Lipinski definition) is 4. The minimum absolute atomic E-state index is 0.146. The van der Waals surface area contributed by atoms with Crippen LogP contribution < -0.4 is 10.2 Å². The molecule has 2 aromatic carbocycles. The standard InChI is InChI=1S/C12H11BINO4S/c14-10-4-6-12(7-5-10)20(18,19)15-11-3-1-2-9(8-11)13(16)17/h1-8,15-17H. The molecular formula is C12H11BINO4S. The van der Waals surface area contributed by atoms with Gasteiger partial charge in [-0.2, -0.15) is 0 Å². The van der Waals surface area contributed by atoms with Crippen molar-refractivity contribution in [2.24, 2.45) is 0 Å². The van der Waals surface area contributed by atoms with Gasteiger partial charge in [-0.05, 0) is 64.5 Å². The molecule has 0 aliphatic heterocycles. The average molecular weight is 403 g/mol. The predicted molar refractivity (Wildman–Crippen MR) is 86.2 cm³/mol. The molecule has 0 atom stereocenters. The first-order valence-electron chi connectivity index (χ1n) is 5.63. The minimum atomic E-state index is -3.69. The van der Waals surface area contributed by atoms with E-state index >= 15 is 0 Å². The molecule has 0 unspecified atom stereocenters. The summed E-state index contributed by atoms with van der Waals surface area (Å²) >= 11 is 2.09. The Morgan fingerprint density at radius 2 is 1.70 bits per heavy atom. The van der Waals surface area contributed by atoms with E-state index in [1.165, 1.54) is 30.3 Å². The summed E-state index contributed by atoms with van der Waals surface area (Å²) < 4.78 is 27.6. The third-order valence-corrected chi connectivity index (χ3v) is 4.68. The quantitative estimate of drug-likeness (QED) is 0.520. The molecule has 0 heterocycles. The Morgan fingerprint density at radius 1 is 1.05 bits per heavy atom. The summed E-state index contributed by atoms with van der Waals surface area (Å²) in [5.74, 6) is 0. The van der Waals surface area contributed by atoms with E-state index in [1.54, 1.807) is 18.2 Å². The van der Waals surface area contributed by atoms with Gasteiger partial charge in [0.2, 0.25) is 0 Å². The monoisotopic (exact) mass is 403 g/mol. The van der Waals surface area contributed by atoms with Crippen LogP contribution >= 0.6 is 22.6 Å². The summed E-state index contributed by atoms with van der Waals surface area (Å²) in [4.78, 5) is 0.146. The van der Waals surface area contributed by atoms with Crippen LogP contribution in [0.1, 0.15) is 0 Å². The second-order valence-electron chi connectivity index (χ2n) is 4.06. The van der Waals surface area contributed by atoms with Gasteiger partial charge in [0.25, 0.3) is 10.0 Å². The lowest BCUT2D eigenvalue weighted by molar-refractivity contribution is 0.426. The van der Waals surface area contributed by atoms with Crippen LogP contribution in [0.5, 0.6) is 0 Å².